The van der Waals surface area contributed by atoms with Crippen molar-refractivity contribution in [1.82, 2.24) is 20.1 Å². The minimum atomic E-state index is 0.0339. The van der Waals surface area contributed by atoms with Crippen molar-refractivity contribution in [3.05, 3.63) is 41.1 Å². The van der Waals surface area contributed by atoms with E-state index in [4.69, 9.17) is 4.98 Å². The van der Waals surface area contributed by atoms with Crippen LogP contribution in [0.5, 0.6) is 0 Å². The molecule has 0 atom stereocenters. The van der Waals surface area contributed by atoms with Crippen molar-refractivity contribution in [2.75, 3.05) is 40.3 Å². The lowest BCUT2D eigenvalue weighted by molar-refractivity contribution is 0.0951. The zero-order valence-electron chi connectivity index (χ0n) is 15.5. The second kappa shape index (κ2) is 7.93. The smallest absolute Gasteiger partial charge is 0.252 e. The Morgan fingerprint density at radius 3 is 2.88 bits per heavy atom. The SMILES string of the molecule is CCN1CCc2nc3ccccc3c(C(=O)NCCCN(C)C)c2C1. The Bertz CT molecular complexity index is 757. The number of hydrogen-bond donors (Lipinski definition) is 1. The highest BCUT2D eigenvalue weighted by atomic mass is 16.1. The van der Waals surface area contributed by atoms with Crippen LogP contribution in [0.2, 0.25) is 0 Å². The first-order valence-corrected chi connectivity index (χ1v) is 9.16. The van der Waals surface area contributed by atoms with E-state index < -0.39 is 0 Å². The third-order valence-electron chi connectivity index (χ3n) is 4.87. The number of nitrogens with one attached hydrogen (secondary N) is 1. The zero-order valence-corrected chi connectivity index (χ0v) is 15.5. The normalized spacial score (nSPS) is 14.7. The number of rotatable bonds is 6. The molecular formula is C20H28N4O. The Balaban J connectivity index is 1.92. The molecule has 3 rings (SSSR count). The number of nitrogens with zero attached hydrogens (tertiary/aromatic N) is 3. The molecule has 0 aliphatic carbocycles. The van der Waals surface area contributed by atoms with Gasteiger partial charge in [-0.3, -0.25) is 14.7 Å². The van der Waals surface area contributed by atoms with Gasteiger partial charge in [0.05, 0.1) is 11.1 Å². The standard InChI is InChI=1S/C20H28N4O/c1-4-24-13-10-18-16(14-24)19(15-8-5-6-9-17(15)22-18)20(25)21-11-7-12-23(2)3/h5-6,8-9H,4,7,10-14H2,1-3H3,(H,21,25). The summed E-state index contributed by atoms with van der Waals surface area (Å²) in [6.07, 6.45) is 1.86. The Morgan fingerprint density at radius 1 is 1.32 bits per heavy atom. The van der Waals surface area contributed by atoms with Gasteiger partial charge in [0.15, 0.2) is 0 Å². The van der Waals surface area contributed by atoms with Gasteiger partial charge in [0.1, 0.15) is 0 Å². The number of pyridine rings is 1. The van der Waals surface area contributed by atoms with Crippen LogP contribution in [0.4, 0.5) is 0 Å². The number of hydrogen-bond acceptors (Lipinski definition) is 4. The van der Waals surface area contributed by atoms with Gasteiger partial charge in [-0.05, 0) is 39.7 Å². The van der Waals surface area contributed by atoms with Gasteiger partial charge in [-0.2, -0.15) is 0 Å². The van der Waals surface area contributed by atoms with Crippen molar-refractivity contribution in [2.45, 2.75) is 26.3 Å². The lowest BCUT2D eigenvalue weighted by atomic mass is 9.95. The van der Waals surface area contributed by atoms with Crippen LogP contribution >= 0.6 is 0 Å². The van der Waals surface area contributed by atoms with E-state index in [-0.39, 0.29) is 5.91 Å². The molecule has 134 valence electrons. The summed E-state index contributed by atoms with van der Waals surface area (Å²) < 4.78 is 0. The molecule has 1 aromatic carbocycles. The number of benzene rings is 1. The lowest BCUT2D eigenvalue weighted by Gasteiger charge is -2.29. The molecule has 1 amide bonds. The average Bonchev–Trinajstić information content (AvgIpc) is 2.62. The van der Waals surface area contributed by atoms with Crippen LogP contribution in [0.3, 0.4) is 0 Å². The van der Waals surface area contributed by atoms with Crippen LogP contribution in [0.25, 0.3) is 10.9 Å². The first kappa shape index (κ1) is 17.8. The van der Waals surface area contributed by atoms with Gasteiger partial charge in [0.25, 0.3) is 5.91 Å². The van der Waals surface area contributed by atoms with Gasteiger partial charge in [-0.15, -0.1) is 0 Å². The van der Waals surface area contributed by atoms with Crippen LogP contribution < -0.4 is 5.32 Å². The molecule has 5 heteroatoms. The van der Waals surface area contributed by atoms with Crippen molar-refractivity contribution in [2.24, 2.45) is 0 Å². The minimum absolute atomic E-state index is 0.0339. The molecule has 0 spiro atoms. The summed E-state index contributed by atoms with van der Waals surface area (Å²) in [5, 5.41) is 4.08. The molecule has 1 aliphatic heterocycles. The second-order valence-electron chi connectivity index (χ2n) is 6.96. The number of para-hydroxylation sites is 1. The van der Waals surface area contributed by atoms with Gasteiger partial charge in [-0.25, -0.2) is 0 Å². The minimum Gasteiger partial charge on any atom is -0.352 e. The molecule has 5 nitrogen and oxygen atoms in total. The maximum atomic E-state index is 13.0. The van der Waals surface area contributed by atoms with Crippen LogP contribution in [0.15, 0.2) is 24.3 Å². The zero-order chi connectivity index (χ0) is 17.8. The van der Waals surface area contributed by atoms with E-state index in [0.717, 1.165) is 66.7 Å². The predicted octanol–water partition coefficient (Wildman–Crippen LogP) is 2.29. The second-order valence-corrected chi connectivity index (χ2v) is 6.96. The molecule has 0 saturated heterocycles. The number of carbonyl (C=O) groups excluding carboxylic acids is 1. The Morgan fingerprint density at radius 2 is 2.12 bits per heavy atom. The summed E-state index contributed by atoms with van der Waals surface area (Å²) in [6, 6.07) is 7.99. The summed E-state index contributed by atoms with van der Waals surface area (Å²) in [5.74, 6) is 0.0339. The third-order valence-corrected chi connectivity index (χ3v) is 4.87. The fourth-order valence-corrected chi connectivity index (χ4v) is 3.46. The van der Waals surface area contributed by atoms with E-state index in [2.05, 4.69) is 22.0 Å². The van der Waals surface area contributed by atoms with Crippen molar-refractivity contribution in [1.29, 1.82) is 0 Å². The lowest BCUT2D eigenvalue weighted by Crippen LogP contribution is -2.34. The average molecular weight is 340 g/mol. The number of carbonyl (C=O) groups is 1. The maximum absolute atomic E-state index is 13.0. The summed E-state index contributed by atoms with van der Waals surface area (Å²) in [5.41, 5.74) is 3.94. The summed E-state index contributed by atoms with van der Waals surface area (Å²) >= 11 is 0. The van der Waals surface area contributed by atoms with Crippen molar-refractivity contribution in [3.8, 4) is 0 Å². The molecule has 0 saturated carbocycles. The number of aromatic nitrogens is 1. The van der Waals surface area contributed by atoms with Crippen LogP contribution in [-0.2, 0) is 13.0 Å². The molecule has 0 radical (unpaired) electrons. The van der Waals surface area contributed by atoms with Gasteiger partial charge in [0.2, 0.25) is 0 Å². The number of amides is 1. The van der Waals surface area contributed by atoms with Gasteiger partial charge in [0, 0.05) is 42.7 Å². The summed E-state index contributed by atoms with van der Waals surface area (Å²) in [7, 11) is 4.10. The highest BCUT2D eigenvalue weighted by molar-refractivity contribution is 6.07. The van der Waals surface area contributed by atoms with Crippen molar-refractivity contribution >= 4 is 16.8 Å². The Hall–Kier alpha value is -1.98. The number of fused-ring (bicyclic) bond motifs is 2. The highest BCUT2D eigenvalue weighted by Gasteiger charge is 2.24. The molecule has 2 aromatic rings. The fourth-order valence-electron chi connectivity index (χ4n) is 3.46. The Labute approximate surface area is 150 Å². The van der Waals surface area contributed by atoms with E-state index in [1.165, 1.54) is 0 Å². The van der Waals surface area contributed by atoms with Crippen LogP contribution in [-0.4, -0.2) is 61.0 Å². The molecule has 0 bridgehead atoms. The highest BCUT2D eigenvalue weighted by Crippen LogP contribution is 2.28. The van der Waals surface area contributed by atoms with E-state index in [9.17, 15) is 4.79 Å². The van der Waals surface area contributed by atoms with Crippen molar-refractivity contribution < 1.29 is 4.79 Å². The molecule has 25 heavy (non-hydrogen) atoms. The van der Waals surface area contributed by atoms with E-state index in [0.29, 0.717) is 6.54 Å². The van der Waals surface area contributed by atoms with Gasteiger partial charge >= 0.3 is 0 Å². The predicted molar refractivity (Wildman–Crippen MR) is 102 cm³/mol. The summed E-state index contributed by atoms with van der Waals surface area (Å²) in [4.78, 5) is 22.3. The molecule has 1 aliphatic rings. The fraction of sp³-hybridized carbons (Fsp3) is 0.500. The Kier molecular flexibility index (Phi) is 5.66. The van der Waals surface area contributed by atoms with E-state index >= 15 is 0 Å². The molecule has 1 aromatic heterocycles. The topological polar surface area (TPSA) is 48.5 Å². The molecule has 1 N–H and O–H groups in total. The molecule has 0 unspecified atom stereocenters. The van der Waals surface area contributed by atoms with Crippen molar-refractivity contribution in [3.63, 3.8) is 0 Å². The van der Waals surface area contributed by atoms with Gasteiger partial charge in [-0.1, -0.05) is 25.1 Å². The monoisotopic (exact) mass is 340 g/mol. The largest absolute Gasteiger partial charge is 0.352 e. The third kappa shape index (κ3) is 3.99. The molecular weight excluding hydrogens is 312 g/mol. The van der Waals surface area contributed by atoms with Crippen LogP contribution in [0, 0.1) is 0 Å². The first-order chi connectivity index (χ1) is 12.1. The molecule has 2 heterocycles. The maximum Gasteiger partial charge on any atom is 0.252 e. The molecule has 0 fully saturated rings. The van der Waals surface area contributed by atoms with E-state index in [1.807, 2.05) is 38.4 Å². The van der Waals surface area contributed by atoms with Crippen LogP contribution in [0.1, 0.15) is 35.0 Å². The van der Waals surface area contributed by atoms with E-state index in [1.54, 1.807) is 0 Å². The quantitative estimate of drug-likeness (QED) is 0.820. The first-order valence-electron chi connectivity index (χ1n) is 9.16. The summed E-state index contributed by atoms with van der Waals surface area (Å²) in [6.45, 7) is 6.65. The number of likely N-dealkylation sites (N-methyl/N-ethyl adjacent to an activating group) is 1. The van der Waals surface area contributed by atoms with Gasteiger partial charge < -0.3 is 10.2 Å².